The van der Waals surface area contributed by atoms with Gasteiger partial charge in [-0.3, -0.25) is 4.79 Å². The summed E-state index contributed by atoms with van der Waals surface area (Å²) in [6.07, 6.45) is 0. The molecule has 0 fully saturated rings. The summed E-state index contributed by atoms with van der Waals surface area (Å²) in [5.74, 6) is 8.27. The van der Waals surface area contributed by atoms with Crippen molar-refractivity contribution in [1.82, 2.24) is 14.9 Å². The van der Waals surface area contributed by atoms with Crippen LogP contribution >= 0.6 is 23.4 Å². The number of hydrogen-bond acceptors (Lipinski definition) is 7. The molecular weight excluding hydrogens is 462 g/mol. The molecule has 3 aromatic carbocycles. The van der Waals surface area contributed by atoms with Crippen molar-refractivity contribution in [2.45, 2.75) is 5.16 Å². The molecular formula is C23H20ClN5O3S. The summed E-state index contributed by atoms with van der Waals surface area (Å²) in [7, 11) is 1.60. The fraction of sp³-hybridized carbons (Fsp3) is 0.0870. The molecule has 0 radical (unpaired) electrons. The van der Waals surface area contributed by atoms with Crippen LogP contribution in [0, 0.1) is 0 Å². The van der Waals surface area contributed by atoms with E-state index in [9.17, 15) is 4.79 Å². The highest BCUT2D eigenvalue weighted by Gasteiger charge is 2.15. The Morgan fingerprint density at radius 3 is 2.55 bits per heavy atom. The Bertz CT molecular complexity index is 1250. The Morgan fingerprint density at radius 2 is 1.82 bits per heavy atom. The molecule has 33 heavy (non-hydrogen) atoms. The summed E-state index contributed by atoms with van der Waals surface area (Å²) >= 11 is 7.28. The highest BCUT2D eigenvalue weighted by Crippen LogP contribution is 2.32. The Balaban J connectivity index is 1.42. The Kier molecular flexibility index (Phi) is 7.01. The number of nitrogen functional groups attached to an aromatic ring is 1. The van der Waals surface area contributed by atoms with E-state index < -0.39 is 0 Å². The smallest absolute Gasteiger partial charge is 0.234 e. The van der Waals surface area contributed by atoms with Gasteiger partial charge in [0.2, 0.25) is 11.1 Å². The number of ether oxygens (including phenoxy) is 2. The van der Waals surface area contributed by atoms with Crippen LogP contribution in [0.4, 0.5) is 5.69 Å². The Hall–Kier alpha value is -3.69. The molecule has 4 aromatic rings. The van der Waals surface area contributed by atoms with Gasteiger partial charge in [0.15, 0.2) is 11.6 Å². The zero-order chi connectivity index (χ0) is 23.2. The van der Waals surface area contributed by atoms with E-state index in [1.54, 1.807) is 25.3 Å². The van der Waals surface area contributed by atoms with Gasteiger partial charge in [-0.1, -0.05) is 41.6 Å². The molecule has 0 bridgehead atoms. The maximum absolute atomic E-state index is 12.6. The summed E-state index contributed by atoms with van der Waals surface area (Å²) in [5, 5.41) is 11.9. The molecule has 1 aromatic heterocycles. The number of nitrogens with two attached hydrogens (primary N) is 1. The van der Waals surface area contributed by atoms with Gasteiger partial charge in [0, 0.05) is 10.6 Å². The number of aromatic nitrogens is 3. The number of para-hydroxylation sites is 1. The van der Waals surface area contributed by atoms with Gasteiger partial charge < -0.3 is 20.6 Å². The number of carbonyl (C=O) groups excluding carboxylic acids is 1. The van der Waals surface area contributed by atoms with Gasteiger partial charge in [0.1, 0.15) is 11.5 Å². The second-order valence-corrected chi connectivity index (χ2v) is 8.18. The quantitative estimate of drug-likeness (QED) is 0.274. The van der Waals surface area contributed by atoms with Gasteiger partial charge >= 0.3 is 0 Å². The van der Waals surface area contributed by atoms with Gasteiger partial charge in [0.25, 0.3) is 0 Å². The number of amides is 1. The fourth-order valence-electron chi connectivity index (χ4n) is 2.93. The number of carbonyl (C=O) groups is 1. The van der Waals surface area contributed by atoms with Crippen LogP contribution < -0.4 is 20.6 Å². The number of benzene rings is 3. The molecule has 1 heterocycles. The van der Waals surface area contributed by atoms with Crippen LogP contribution in [-0.4, -0.2) is 33.6 Å². The molecule has 3 N–H and O–H groups in total. The Labute approximate surface area is 199 Å². The summed E-state index contributed by atoms with van der Waals surface area (Å²) in [4.78, 5) is 12.6. The number of halogens is 1. The SMILES string of the molecule is COc1ccc(-c2nnc(SCC(=O)Nc3cc(Cl)ccc3Oc3ccccc3)n2N)cc1. The first-order valence-corrected chi connectivity index (χ1v) is 11.2. The van der Waals surface area contributed by atoms with Crippen molar-refractivity contribution in [3.8, 4) is 28.6 Å². The number of hydrogen-bond donors (Lipinski definition) is 2. The number of nitrogens with zero attached hydrogens (tertiary/aromatic N) is 3. The molecule has 0 aliphatic rings. The normalized spacial score (nSPS) is 10.6. The average Bonchev–Trinajstić information content (AvgIpc) is 3.20. The van der Waals surface area contributed by atoms with E-state index in [1.807, 2.05) is 54.6 Å². The van der Waals surface area contributed by atoms with Crippen molar-refractivity contribution < 1.29 is 14.3 Å². The van der Waals surface area contributed by atoms with E-state index >= 15 is 0 Å². The Morgan fingerprint density at radius 1 is 1.06 bits per heavy atom. The first kappa shape index (κ1) is 22.5. The van der Waals surface area contributed by atoms with Crippen LogP contribution in [0.25, 0.3) is 11.4 Å². The molecule has 4 rings (SSSR count). The number of nitrogens with one attached hydrogen (secondary N) is 1. The van der Waals surface area contributed by atoms with Crippen LogP contribution in [0.1, 0.15) is 0 Å². The summed E-state index contributed by atoms with van der Waals surface area (Å²) in [6, 6.07) is 21.6. The van der Waals surface area contributed by atoms with Crippen molar-refractivity contribution in [3.63, 3.8) is 0 Å². The molecule has 0 aliphatic heterocycles. The highest BCUT2D eigenvalue weighted by molar-refractivity contribution is 7.99. The van der Waals surface area contributed by atoms with Gasteiger partial charge in [-0.2, -0.15) is 0 Å². The molecule has 10 heteroatoms. The maximum Gasteiger partial charge on any atom is 0.234 e. The maximum atomic E-state index is 12.6. The third-order valence-electron chi connectivity index (χ3n) is 4.53. The average molecular weight is 482 g/mol. The molecule has 0 saturated heterocycles. The second-order valence-electron chi connectivity index (χ2n) is 6.80. The van der Waals surface area contributed by atoms with Crippen molar-refractivity contribution >= 4 is 35.0 Å². The zero-order valence-corrected chi connectivity index (χ0v) is 19.1. The molecule has 0 aliphatic carbocycles. The van der Waals surface area contributed by atoms with Crippen LogP contribution in [0.15, 0.2) is 78.0 Å². The standard InChI is InChI=1S/C23H20ClN5O3S/c1-31-17-10-7-15(8-11-17)22-27-28-23(29(22)25)33-14-21(30)26-19-13-16(24)9-12-20(19)32-18-5-3-2-4-6-18/h2-13H,14,25H2,1H3,(H,26,30). The third-order valence-corrected chi connectivity index (χ3v) is 5.71. The van der Waals surface area contributed by atoms with Gasteiger partial charge in [-0.25, -0.2) is 4.68 Å². The molecule has 0 atom stereocenters. The van der Waals surface area contributed by atoms with Crippen LogP contribution in [-0.2, 0) is 4.79 Å². The topological polar surface area (TPSA) is 104 Å². The fourth-order valence-corrected chi connectivity index (χ4v) is 3.76. The van der Waals surface area contributed by atoms with Gasteiger partial charge in [0.05, 0.1) is 18.6 Å². The van der Waals surface area contributed by atoms with Crippen LogP contribution in [0.5, 0.6) is 17.2 Å². The molecule has 168 valence electrons. The van der Waals surface area contributed by atoms with E-state index in [-0.39, 0.29) is 11.7 Å². The van der Waals surface area contributed by atoms with Crippen molar-refractivity contribution in [2.75, 3.05) is 24.0 Å². The molecule has 8 nitrogen and oxygen atoms in total. The van der Waals surface area contributed by atoms with E-state index in [4.69, 9.17) is 26.9 Å². The summed E-state index contributed by atoms with van der Waals surface area (Å²) in [6.45, 7) is 0. The van der Waals surface area contributed by atoms with Crippen molar-refractivity contribution in [2.24, 2.45) is 0 Å². The molecule has 1 amide bonds. The van der Waals surface area contributed by atoms with Gasteiger partial charge in [-0.15, -0.1) is 10.2 Å². The van der Waals surface area contributed by atoms with Crippen molar-refractivity contribution in [1.29, 1.82) is 0 Å². The molecule has 0 saturated carbocycles. The minimum absolute atomic E-state index is 0.0647. The lowest BCUT2D eigenvalue weighted by Gasteiger charge is -2.12. The predicted octanol–water partition coefficient (Wildman–Crippen LogP) is 4.84. The minimum atomic E-state index is -0.269. The number of anilines is 1. The number of thioether (sulfide) groups is 1. The largest absolute Gasteiger partial charge is 0.497 e. The molecule has 0 unspecified atom stereocenters. The van der Waals surface area contributed by atoms with E-state index in [2.05, 4.69) is 15.5 Å². The highest BCUT2D eigenvalue weighted by atomic mass is 35.5. The number of methoxy groups -OCH3 is 1. The second kappa shape index (κ2) is 10.3. The lowest BCUT2D eigenvalue weighted by molar-refractivity contribution is -0.113. The first-order chi connectivity index (χ1) is 16.0. The predicted molar refractivity (Wildman–Crippen MR) is 129 cm³/mol. The lowest BCUT2D eigenvalue weighted by atomic mass is 10.2. The lowest BCUT2D eigenvalue weighted by Crippen LogP contribution is -2.16. The van der Waals surface area contributed by atoms with E-state index in [0.29, 0.717) is 33.2 Å². The minimum Gasteiger partial charge on any atom is -0.497 e. The first-order valence-electron chi connectivity index (χ1n) is 9.83. The van der Waals surface area contributed by atoms with E-state index in [0.717, 1.165) is 11.3 Å². The summed E-state index contributed by atoms with van der Waals surface area (Å²) in [5.41, 5.74) is 1.24. The van der Waals surface area contributed by atoms with Gasteiger partial charge in [-0.05, 0) is 54.6 Å². The number of rotatable bonds is 8. The van der Waals surface area contributed by atoms with Crippen molar-refractivity contribution in [3.05, 3.63) is 77.8 Å². The third kappa shape index (κ3) is 5.57. The molecule has 0 spiro atoms. The van der Waals surface area contributed by atoms with Crippen LogP contribution in [0.3, 0.4) is 0 Å². The zero-order valence-electron chi connectivity index (χ0n) is 17.6. The summed E-state index contributed by atoms with van der Waals surface area (Å²) < 4.78 is 12.4. The van der Waals surface area contributed by atoms with Crippen LogP contribution in [0.2, 0.25) is 5.02 Å². The monoisotopic (exact) mass is 481 g/mol. The van der Waals surface area contributed by atoms with E-state index in [1.165, 1.54) is 16.4 Å².